The van der Waals surface area contributed by atoms with E-state index in [1.54, 1.807) is 69.9 Å². The third kappa shape index (κ3) is 11.7. The molecular weight excluding hydrogens is 1310 g/mol. The van der Waals surface area contributed by atoms with Gasteiger partial charge in [-0.2, -0.15) is 13.2 Å². The summed E-state index contributed by atoms with van der Waals surface area (Å²) >= 11 is 0. The molecule has 0 unspecified atom stereocenters. The van der Waals surface area contributed by atoms with Crippen LogP contribution in [0.1, 0.15) is 28.3 Å². The van der Waals surface area contributed by atoms with Crippen LogP contribution < -0.4 is 47.9 Å². The van der Waals surface area contributed by atoms with Gasteiger partial charge in [0.05, 0.1) is 119 Å². The molecule has 0 fully saturated rings. The van der Waals surface area contributed by atoms with Crippen molar-refractivity contribution in [2.24, 2.45) is 0 Å². The fourth-order valence-electron chi connectivity index (χ4n) is 10.1. The summed E-state index contributed by atoms with van der Waals surface area (Å²) in [4.78, 5) is 40.3. The molecule has 5 heterocycles. The quantitative estimate of drug-likeness (QED) is 0.0436. The van der Waals surface area contributed by atoms with Gasteiger partial charge in [-0.25, -0.2) is 9.97 Å². The van der Waals surface area contributed by atoms with E-state index in [1.165, 1.54) is 54.8 Å². The largest absolute Gasteiger partial charge is 2.00 e. The number of ether oxygens (including phenoxy) is 9. The molecule has 0 radical (unpaired) electrons. The Balaban J connectivity index is 0.00000470. The summed E-state index contributed by atoms with van der Waals surface area (Å²) in [6.07, 6.45) is 2.24. The predicted octanol–water partition coefficient (Wildman–Crippen LogP) is 14.0. The zero-order chi connectivity index (χ0) is 59.0. The molecule has 0 saturated carbocycles. The van der Waals surface area contributed by atoms with Crippen molar-refractivity contribution >= 4 is 69.1 Å². The van der Waals surface area contributed by atoms with Crippen molar-refractivity contribution in [1.82, 2.24) is 19.9 Å². The number of methoxy groups -OCH3 is 9. The van der Waals surface area contributed by atoms with Crippen molar-refractivity contribution in [3.05, 3.63) is 146 Å². The summed E-state index contributed by atoms with van der Waals surface area (Å²) in [6, 6.07) is 24.6. The molecule has 85 heavy (non-hydrogen) atoms. The van der Waals surface area contributed by atoms with Gasteiger partial charge in [-0.15, -0.1) is 0 Å². The Morgan fingerprint density at radius 3 is 0.988 bits per heavy atom. The Morgan fingerprint density at radius 1 is 0.424 bits per heavy atom. The summed E-state index contributed by atoms with van der Waals surface area (Å²) in [5.74, 6) is 3.68. The third-order valence-corrected chi connectivity index (χ3v) is 13.9. The SMILES string of the molecule is COc1cc(OC)c(-c2c3nc(c(-c4c(OC)cc(OC)cc4OC)c4ccc([nH]4)c(-c4c(OC)cc(OC)cc4OC)c4nc(c(-c5ccc(Nc6c([N+](=O)[O-])cc(C(F)(F)F)cc6[N+](=O)[O-])cc5)c5ccc2[nH]5)C=C4)C=C3)c(OC)c1.[Cd+2].[Cd+2]. The van der Waals surface area contributed by atoms with E-state index in [4.69, 9.17) is 52.6 Å². The van der Waals surface area contributed by atoms with E-state index in [0.717, 1.165) is 0 Å². The van der Waals surface area contributed by atoms with E-state index in [2.05, 4.69) is 15.3 Å². The van der Waals surface area contributed by atoms with E-state index < -0.39 is 38.6 Å². The molecule has 8 aromatic rings. The molecule has 0 atom stereocenters. The van der Waals surface area contributed by atoms with Crippen molar-refractivity contribution in [2.45, 2.75) is 6.18 Å². The van der Waals surface area contributed by atoms with Crippen molar-refractivity contribution in [2.75, 3.05) is 69.3 Å². The number of aromatic nitrogens is 4. The van der Waals surface area contributed by atoms with Gasteiger partial charge in [-0.05, 0) is 66.3 Å². The van der Waals surface area contributed by atoms with Gasteiger partial charge in [0.15, 0.2) is 5.69 Å². The zero-order valence-electron chi connectivity index (χ0n) is 47.2. The first-order valence-electron chi connectivity index (χ1n) is 25.0. The van der Waals surface area contributed by atoms with Crippen molar-refractivity contribution in [1.29, 1.82) is 0 Å². The van der Waals surface area contributed by atoms with Crippen LogP contribution in [0, 0.1) is 20.2 Å². The molecule has 3 aromatic heterocycles. The van der Waals surface area contributed by atoms with Crippen LogP contribution in [0.5, 0.6) is 51.7 Å². The van der Waals surface area contributed by atoms with Gasteiger partial charge >= 0.3 is 60.8 Å². The van der Waals surface area contributed by atoms with E-state index in [-0.39, 0.29) is 72.4 Å². The average molecular weight is 1360 g/mol. The maximum Gasteiger partial charge on any atom is 2.00 e. The Kier molecular flexibility index (Phi) is 18.7. The summed E-state index contributed by atoms with van der Waals surface area (Å²) < 4.78 is 95.1. The van der Waals surface area contributed by atoms with Crippen molar-refractivity contribution in [3.8, 4) is 96.3 Å². The number of hydrogen-bond acceptors (Lipinski definition) is 16. The average Bonchev–Trinajstić information content (AvgIpc) is 2.88. The van der Waals surface area contributed by atoms with Crippen molar-refractivity contribution in [3.63, 3.8) is 0 Å². The molecule has 5 aromatic carbocycles. The minimum absolute atomic E-state index is 0. The van der Waals surface area contributed by atoms with Crippen LogP contribution in [0.25, 0.3) is 90.9 Å². The van der Waals surface area contributed by atoms with Gasteiger partial charge in [0.1, 0.15) is 51.7 Å². The Labute approximate surface area is 523 Å². The maximum absolute atomic E-state index is 13.9. The zero-order valence-corrected chi connectivity index (χ0v) is 55.3. The number of hydrogen-bond donors (Lipinski definition) is 3. The third-order valence-electron chi connectivity index (χ3n) is 13.9. The number of fused-ring (bicyclic) bond motifs is 8. The number of alkyl halides is 3. The molecule has 2 aliphatic heterocycles. The summed E-state index contributed by atoms with van der Waals surface area (Å²) in [6.45, 7) is 0. The smallest absolute Gasteiger partial charge is 0.496 e. The van der Waals surface area contributed by atoms with Crippen molar-refractivity contribution < 1.29 is 120 Å². The summed E-state index contributed by atoms with van der Waals surface area (Å²) in [5, 5.41) is 27.1. The van der Waals surface area contributed by atoms with Crippen LogP contribution in [0.4, 0.5) is 35.9 Å². The predicted molar refractivity (Wildman–Crippen MR) is 308 cm³/mol. The van der Waals surface area contributed by atoms with Gasteiger partial charge in [-0.1, -0.05) is 12.1 Å². The van der Waals surface area contributed by atoms with Crippen LogP contribution in [0.3, 0.4) is 0 Å². The topological polar surface area (TPSA) is 239 Å². The summed E-state index contributed by atoms with van der Waals surface area (Å²) in [5.41, 5.74) is 3.50. The molecule has 2 aliphatic rings. The van der Waals surface area contributed by atoms with E-state index in [1.807, 2.05) is 48.6 Å². The molecule has 10 rings (SSSR count). The standard InChI is InChI=1S/C60H50F3N7O13.2Cd/c1-75-33-24-46(78-4)56(47(25-33)79-5)53-38-16-14-36(65-38)52(30-10-12-32(13-11-30)64-59-44(69(71)72)22-31(60(61,62)63)23-45(59)70(73)74)37-15-17-39(66-37)54(57-48(80-6)26-34(76-2)27-49(57)81-7)41-19-21-43(68-41)55(42-20-18-40(53)67-42)58-50(82-8)28-35(77-3)29-51(58)83-9;;/h10-29,64-65,68H,1-9H3;;/q;2*+2. The molecule has 3 N–H and O–H groups in total. The van der Waals surface area contributed by atoms with Gasteiger partial charge in [-0.3, -0.25) is 20.2 Å². The molecule has 0 amide bonds. The number of nitro groups is 2. The summed E-state index contributed by atoms with van der Waals surface area (Å²) in [7, 11) is 13.8. The molecule has 20 nitrogen and oxygen atoms in total. The van der Waals surface area contributed by atoms with E-state index in [9.17, 15) is 33.4 Å². The van der Waals surface area contributed by atoms with Gasteiger partial charge < -0.3 is 57.9 Å². The van der Waals surface area contributed by atoms with Crippen LogP contribution in [-0.2, 0) is 60.8 Å². The minimum Gasteiger partial charge on any atom is -0.496 e. The number of nitrogens with zero attached hydrogens (tertiary/aromatic N) is 4. The Hall–Kier alpha value is -8.87. The molecular formula is C60H50Cd2F3N7O13+4. The fourth-order valence-corrected chi connectivity index (χ4v) is 10.1. The number of rotatable bonds is 17. The number of H-pyrrole nitrogens is 2. The van der Waals surface area contributed by atoms with E-state index >= 15 is 0 Å². The molecule has 0 aliphatic carbocycles. The van der Waals surface area contributed by atoms with Crippen LogP contribution in [-0.4, -0.2) is 93.8 Å². The second-order valence-corrected chi connectivity index (χ2v) is 18.3. The number of benzene rings is 5. The molecule has 0 saturated heterocycles. The van der Waals surface area contributed by atoms with Gasteiger partial charge in [0.2, 0.25) is 0 Å². The van der Waals surface area contributed by atoms with Crippen LogP contribution >= 0.6 is 0 Å². The first kappa shape index (κ1) is 62.2. The second kappa shape index (κ2) is 25.5. The first-order valence-corrected chi connectivity index (χ1v) is 25.0. The maximum atomic E-state index is 13.9. The Morgan fingerprint density at radius 2 is 0.718 bits per heavy atom. The second-order valence-electron chi connectivity index (χ2n) is 18.3. The van der Waals surface area contributed by atoms with E-state index in [0.29, 0.717) is 141 Å². The minimum atomic E-state index is -5.11. The van der Waals surface area contributed by atoms with Gasteiger partial charge in [0.25, 0.3) is 11.4 Å². The first-order chi connectivity index (χ1) is 40.0. The van der Waals surface area contributed by atoms with Crippen LogP contribution in [0.15, 0.2) is 97.1 Å². The van der Waals surface area contributed by atoms with Gasteiger partial charge in [0, 0.05) is 98.5 Å². The number of anilines is 2. The number of aromatic amines is 2. The monoisotopic (exact) mass is 1360 g/mol. The number of nitro benzene ring substituents is 2. The number of halogens is 3. The molecule has 0 spiro atoms. The molecule has 424 valence electrons. The van der Waals surface area contributed by atoms with Crippen LogP contribution in [0.2, 0.25) is 0 Å². The molecule has 25 heteroatoms. The normalized spacial score (nSPS) is 11.4. The fraction of sp³-hybridized carbons (Fsp3) is 0.167. The molecule has 8 bridgehead atoms. The number of nitrogens with one attached hydrogen (secondary N) is 3. The Bertz CT molecular complexity index is 4020.